The zero-order valence-electron chi connectivity index (χ0n) is 11.1. The normalized spacial score (nSPS) is 29.8. The minimum atomic E-state index is -2.96. The third kappa shape index (κ3) is 3.59. The predicted molar refractivity (Wildman–Crippen MR) is 72.8 cm³/mol. The van der Waals surface area contributed by atoms with Crippen molar-refractivity contribution in [2.24, 2.45) is 11.8 Å². The summed E-state index contributed by atoms with van der Waals surface area (Å²) in [7, 11) is -2.96. The van der Waals surface area contributed by atoms with Crippen LogP contribution in [0.15, 0.2) is 12.2 Å². The lowest BCUT2D eigenvalue weighted by molar-refractivity contribution is -0.147. The molecular weight excluding hydrogens is 282 g/mol. The highest BCUT2D eigenvalue weighted by Crippen LogP contribution is 2.26. The molecule has 112 valence electrons. The summed E-state index contributed by atoms with van der Waals surface area (Å²) >= 11 is 0. The van der Waals surface area contributed by atoms with E-state index < -0.39 is 27.6 Å². The Balaban J connectivity index is 1.94. The lowest BCUT2D eigenvalue weighted by Gasteiger charge is -2.28. The van der Waals surface area contributed by atoms with Gasteiger partial charge < -0.3 is 10.4 Å². The van der Waals surface area contributed by atoms with Gasteiger partial charge in [-0.15, -0.1) is 0 Å². The molecule has 1 saturated heterocycles. The van der Waals surface area contributed by atoms with Crippen LogP contribution in [0.2, 0.25) is 0 Å². The van der Waals surface area contributed by atoms with E-state index in [1.54, 1.807) is 6.08 Å². The van der Waals surface area contributed by atoms with Gasteiger partial charge in [-0.2, -0.15) is 0 Å². The molecule has 0 saturated carbocycles. The molecule has 1 aliphatic carbocycles. The lowest BCUT2D eigenvalue weighted by Crippen LogP contribution is -2.46. The summed E-state index contributed by atoms with van der Waals surface area (Å²) in [5.74, 6) is -2.30. The van der Waals surface area contributed by atoms with Crippen molar-refractivity contribution < 1.29 is 23.1 Å². The maximum Gasteiger partial charge on any atom is 0.307 e. The molecule has 1 heterocycles. The third-order valence-corrected chi connectivity index (χ3v) is 5.70. The topological polar surface area (TPSA) is 101 Å². The summed E-state index contributed by atoms with van der Waals surface area (Å²) in [5, 5.41) is 11.9. The molecule has 0 aromatic carbocycles. The van der Waals surface area contributed by atoms with Crippen LogP contribution in [0.25, 0.3) is 0 Å². The van der Waals surface area contributed by atoms with Crippen LogP contribution in [-0.4, -0.2) is 42.9 Å². The Morgan fingerprint density at radius 2 is 1.60 bits per heavy atom. The molecule has 0 bridgehead atoms. The molecule has 20 heavy (non-hydrogen) atoms. The van der Waals surface area contributed by atoms with Crippen molar-refractivity contribution in [1.29, 1.82) is 0 Å². The molecule has 0 aromatic heterocycles. The molecule has 0 radical (unpaired) electrons. The van der Waals surface area contributed by atoms with Gasteiger partial charge in [-0.25, -0.2) is 8.42 Å². The van der Waals surface area contributed by atoms with E-state index in [-0.39, 0.29) is 23.5 Å². The molecular formula is C13H19NO5S. The molecule has 2 aliphatic rings. The Kier molecular flexibility index (Phi) is 4.47. The Bertz CT molecular complexity index is 511. The quantitative estimate of drug-likeness (QED) is 0.732. The van der Waals surface area contributed by atoms with Crippen LogP contribution in [-0.2, 0) is 19.4 Å². The van der Waals surface area contributed by atoms with E-state index in [0.717, 1.165) is 0 Å². The van der Waals surface area contributed by atoms with E-state index in [9.17, 15) is 18.0 Å². The van der Waals surface area contributed by atoms with Crippen LogP contribution in [0.1, 0.15) is 25.7 Å². The molecule has 0 spiro atoms. The van der Waals surface area contributed by atoms with E-state index >= 15 is 0 Å². The highest BCUT2D eigenvalue weighted by Gasteiger charge is 2.35. The van der Waals surface area contributed by atoms with Gasteiger partial charge in [0, 0.05) is 6.04 Å². The number of hydrogen-bond acceptors (Lipinski definition) is 4. The number of hydrogen-bond donors (Lipinski definition) is 2. The summed E-state index contributed by atoms with van der Waals surface area (Å²) in [4.78, 5) is 23.3. The molecule has 1 aliphatic heterocycles. The summed E-state index contributed by atoms with van der Waals surface area (Å²) in [6.07, 6.45) is 5.23. The summed E-state index contributed by atoms with van der Waals surface area (Å²) in [6, 6.07) is -0.161. The van der Waals surface area contributed by atoms with Crippen molar-refractivity contribution in [3.8, 4) is 0 Å². The second kappa shape index (κ2) is 5.95. The molecule has 2 N–H and O–H groups in total. The van der Waals surface area contributed by atoms with Crippen molar-refractivity contribution in [3.63, 3.8) is 0 Å². The number of rotatable bonds is 3. The average Bonchev–Trinajstić information content (AvgIpc) is 2.41. The minimum absolute atomic E-state index is 0.0882. The second-order valence-corrected chi connectivity index (χ2v) is 7.73. The van der Waals surface area contributed by atoms with E-state index in [1.807, 2.05) is 6.08 Å². The lowest BCUT2D eigenvalue weighted by atomic mass is 9.82. The van der Waals surface area contributed by atoms with Crippen LogP contribution in [0.3, 0.4) is 0 Å². The first-order chi connectivity index (χ1) is 9.39. The SMILES string of the molecule is O=C(O)C1CC=CCC1C(=O)NC1CCS(=O)(=O)CC1. The van der Waals surface area contributed by atoms with E-state index in [4.69, 9.17) is 5.11 Å². The number of allylic oxidation sites excluding steroid dienone is 2. The standard InChI is InChI=1S/C13H19NO5S/c15-12(10-3-1-2-4-11(10)13(16)17)14-9-5-7-20(18,19)8-6-9/h1-2,9-11H,3-8H2,(H,14,15)(H,16,17). The Hall–Kier alpha value is -1.37. The highest BCUT2D eigenvalue weighted by molar-refractivity contribution is 7.91. The molecule has 1 fully saturated rings. The Labute approximate surface area is 118 Å². The maximum atomic E-state index is 12.2. The zero-order valence-corrected chi connectivity index (χ0v) is 11.9. The number of amides is 1. The molecule has 7 heteroatoms. The van der Waals surface area contributed by atoms with Gasteiger partial charge in [0.25, 0.3) is 0 Å². The van der Waals surface area contributed by atoms with Crippen molar-refractivity contribution in [2.45, 2.75) is 31.7 Å². The molecule has 2 unspecified atom stereocenters. The largest absolute Gasteiger partial charge is 0.481 e. The molecule has 1 amide bonds. The van der Waals surface area contributed by atoms with Gasteiger partial charge >= 0.3 is 5.97 Å². The molecule has 2 atom stereocenters. The number of carbonyl (C=O) groups is 2. The van der Waals surface area contributed by atoms with Gasteiger partial charge in [0.2, 0.25) is 5.91 Å². The number of nitrogens with one attached hydrogen (secondary N) is 1. The molecule has 6 nitrogen and oxygen atoms in total. The van der Waals surface area contributed by atoms with Crippen molar-refractivity contribution in [2.75, 3.05) is 11.5 Å². The second-order valence-electron chi connectivity index (χ2n) is 5.43. The van der Waals surface area contributed by atoms with Gasteiger partial charge in [-0.05, 0) is 25.7 Å². The number of carbonyl (C=O) groups excluding carboxylic acids is 1. The van der Waals surface area contributed by atoms with Crippen LogP contribution < -0.4 is 5.32 Å². The first-order valence-electron chi connectivity index (χ1n) is 6.77. The van der Waals surface area contributed by atoms with Crippen LogP contribution in [0, 0.1) is 11.8 Å². The van der Waals surface area contributed by atoms with Gasteiger partial charge in [0.05, 0.1) is 23.3 Å². The molecule has 0 aromatic rings. The van der Waals surface area contributed by atoms with Gasteiger partial charge in [0.15, 0.2) is 0 Å². The number of sulfone groups is 1. The number of aliphatic carboxylic acids is 1. The van der Waals surface area contributed by atoms with E-state index in [1.165, 1.54) is 0 Å². The van der Waals surface area contributed by atoms with Crippen molar-refractivity contribution in [1.82, 2.24) is 5.32 Å². The summed E-state index contributed by atoms with van der Waals surface area (Å²) < 4.78 is 22.7. The number of carboxylic acid groups (broad SMARTS) is 1. The van der Waals surface area contributed by atoms with Crippen molar-refractivity contribution >= 4 is 21.7 Å². The average molecular weight is 301 g/mol. The van der Waals surface area contributed by atoms with Gasteiger partial charge in [-0.3, -0.25) is 9.59 Å². The maximum absolute atomic E-state index is 12.2. The smallest absolute Gasteiger partial charge is 0.307 e. The van der Waals surface area contributed by atoms with Crippen LogP contribution >= 0.6 is 0 Å². The fraction of sp³-hybridized carbons (Fsp3) is 0.692. The predicted octanol–water partition coefficient (Wildman–Crippen LogP) is 0.347. The van der Waals surface area contributed by atoms with Crippen LogP contribution in [0.5, 0.6) is 0 Å². The fourth-order valence-corrected chi connectivity index (χ4v) is 4.21. The van der Waals surface area contributed by atoms with Gasteiger partial charge in [-0.1, -0.05) is 12.2 Å². The van der Waals surface area contributed by atoms with Gasteiger partial charge in [0.1, 0.15) is 9.84 Å². The van der Waals surface area contributed by atoms with Crippen LogP contribution in [0.4, 0.5) is 0 Å². The Morgan fingerprint density at radius 3 is 2.15 bits per heavy atom. The van der Waals surface area contributed by atoms with Crippen molar-refractivity contribution in [3.05, 3.63) is 12.2 Å². The van der Waals surface area contributed by atoms with E-state index in [2.05, 4.69) is 5.32 Å². The zero-order chi connectivity index (χ0) is 14.8. The monoisotopic (exact) mass is 301 g/mol. The summed E-state index contributed by atoms with van der Waals surface area (Å²) in [5.41, 5.74) is 0. The third-order valence-electron chi connectivity index (χ3n) is 3.99. The summed E-state index contributed by atoms with van der Waals surface area (Å²) in [6.45, 7) is 0. The fourth-order valence-electron chi connectivity index (χ4n) is 2.72. The molecule has 2 rings (SSSR count). The first-order valence-corrected chi connectivity index (χ1v) is 8.60. The highest BCUT2D eigenvalue weighted by atomic mass is 32.2. The Morgan fingerprint density at radius 1 is 1.05 bits per heavy atom. The first kappa shape index (κ1) is 15.0. The minimum Gasteiger partial charge on any atom is -0.481 e. The van der Waals surface area contributed by atoms with E-state index in [0.29, 0.717) is 25.7 Å². The number of carboxylic acids is 1.